The third-order valence-electron chi connectivity index (χ3n) is 6.47. The van der Waals surface area contributed by atoms with Crippen molar-refractivity contribution < 1.29 is 42.5 Å². The van der Waals surface area contributed by atoms with Crippen LogP contribution in [0.4, 0.5) is 5.82 Å². The van der Waals surface area contributed by atoms with Crippen LogP contribution in [0.15, 0.2) is 65.8 Å². The number of esters is 1. The van der Waals surface area contributed by atoms with Gasteiger partial charge in [0.1, 0.15) is 47.8 Å². The smallest absolute Gasteiger partial charge is 0.459 e. The number of carbonyl (C=O) groups is 1. The number of para-hydroxylation sites is 1. The van der Waals surface area contributed by atoms with E-state index < -0.39 is 56.5 Å². The fourth-order valence-corrected chi connectivity index (χ4v) is 5.91. The summed E-state index contributed by atoms with van der Waals surface area (Å²) in [5.74, 6) is 0.673. The predicted molar refractivity (Wildman–Crippen MR) is 156 cm³/mol. The molecule has 16 heteroatoms. The summed E-state index contributed by atoms with van der Waals surface area (Å²) in [5.41, 5.74) is -0.0279. The topological polar surface area (TPSA) is 192 Å². The highest BCUT2D eigenvalue weighted by Gasteiger charge is 2.46. The second-order valence-electron chi connectivity index (χ2n) is 11.1. The molecular weight excluding hydrogens is 595 g/mol. The van der Waals surface area contributed by atoms with Gasteiger partial charge < -0.3 is 33.9 Å². The highest BCUT2D eigenvalue weighted by molar-refractivity contribution is 7.52. The molecule has 236 valence electrons. The van der Waals surface area contributed by atoms with E-state index in [1.54, 1.807) is 63.4 Å². The van der Waals surface area contributed by atoms with Crippen molar-refractivity contribution in [1.82, 2.24) is 24.6 Å². The van der Waals surface area contributed by atoms with Crippen LogP contribution in [0.5, 0.6) is 5.75 Å². The van der Waals surface area contributed by atoms with E-state index >= 15 is 0 Å². The number of rotatable bonds is 12. The number of aliphatic hydroxyl groups excluding tert-OH is 2. The Labute approximate surface area is 253 Å². The van der Waals surface area contributed by atoms with Gasteiger partial charge >= 0.3 is 13.7 Å². The number of aliphatic hydroxyl groups is 2. The molecule has 0 spiro atoms. The van der Waals surface area contributed by atoms with Crippen molar-refractivity contribution in [1.29, 1.82) is 0 Å². The second-order valence-corrected chi connectivity index (χ2v) is 12.8. The van der Waals surface area contributed by atoms with Crippen LogP contribution < -0.4 is 14.9 Å². The Morgan fingerprint density at radius 1 is 1.11 bits per heavy atom. The van der Waals surface area contributed by atoms with Crippen molar-refractivity contribution >= 4 is 30.7 Å². The number of ether oxygens (including phenoxy) is 2. The number of anilines is 1. The molecule has 1 aromatic carbocycles. The zero-order chi connectivity index (χ0) is 31.5. The Morgan fingerprint density at radius 3 is 2.59 bits per heavy atom. The minimum atomic E-state index is -4.25. The van der Waals surface area contributed by atoms with E-state index in [1.165, 1.54) is 24.1 Å². The largest absolute Gasteiger partial charge is 0.467 e. The average molecular weight is 631 g/mol. The van der Waals surface area contributed by atoms with E-state index in [4.69, 9.17) is 22.9 Å². The highest BCUT2D eigenvalue weighted by Crippen LogP contribution is 2.46. The van der Waals surface area contributed by atoms with E-state index in [-0.39, 0.29) is 5.75 Å². The molecular formula is C28H35N6O9P. The lowest BCUT2D eigenvalue weighted by molar-refractivity contribution is -0.156. The first-order chi connectivity index (χ1) is 20.9. The lowest BCUT2D eigenvalue weighted by Crippen LogP contribution is -2.39. The molecule has 0 amide bonds. The van der Waals surface area contributed by atoms with Gasteiger partial charge in [-0.3, -0.25) is 13.9 Å². The summed E-state index contributed by atoms with van der Waals surface area (Å²) in [5, 5.41) is 27.5. The monoisotopic (exact) mass is 630 g/mol. The number of imidazole rings is 1. The number of carbonyl (C=O) groups excluding carboxylic acids is 1. The molecule has 0 radical (unpaired) electrons. The van der Waals surface area contributed by atoms with E-state index in [0.29, 0.717) is 29.3 Å². The molecule has 1 aliphatic rings. The van der Waals surface area contributed by atoms with Crippen LogP contribution >= 0.6 is 7.75 Å². The Kier molecular flexibility index (Phi) is 9.34. The molecule has 4 N–H and O–H groups in total. The van der Waals surface area contributed by atoms with Gasteiger partial charge in [0.15, 0.2) is 23.2 Å². The van der Waals surface area contributed by atoms with E-state index in [9.17, 15) is 19.6 Å². The maximum atomic E-state index is 13.9. The van der Waals surface area contributed by atoms with Gasteiger partial charge in [-0.25, -0.2) is 19.5 Å². The fourth-order valence-electron chi connectivity index (χ4n) is 4.41. The maximum Gasteiger partial charge on any atom is 0.459 e. The quantitative estimate of drug-likeness (QED) is 0.132. The third-order valence-corrected chi connectivity index (χ3v) is 8.11. The molecule has 1 unspecified atom stereocenters. The minimum Gasteiger partial charge on any atom is -0.467 e. The Bertz CT molecular complexity index is 1590. The van der Waals surface area contributed by atoms with Gasteiger partial charge in [-0.15, -0.1) is 0 Å². The van der Waals surface area contributed by atoms with Crippen molar-refractivity contribution in [3.8, 4) is 5.75 Å². The lowest BCUT2D eigenvalue weighted by Gasteiger charge is -2.26. The van der Waals surface area contributed by atoms with Crippen molar-refractivity contribution in [2.75, 3.05) is 11.9 Å². The minimum absolute atomic E-state index is 0.214. The van der Waals surface area contributed by atoms with Gasteiger partial charge in [0, 0.05) is 0 Å². The van der Waals surface area contributed by atoms with Gasteiger partial charge in [-0.2, -0.15) is 5.09 Å². The molecule has 44 heavy (non-hydrogen) atoms. The number of hydrogen-bond acceptors (Lipinski definition) is 13. The van der Waals surface area contributed by atoms with Crippen LogP contribution in [-0.4, -0.2) is 72.3 Å². The number of fused-ring (bicyclic) bond motifs is 1. The number of furan rings is 1. The number of nitrogens with one attached hydrogen (secondary N) is 2. The predicted octanol–water partition coefficient (Wildman–Crippen LogP) is 3.17. The molecule has 4 heterocycles. The van der Waals surface area contributed by atoms with Crippen LogP contribution in [0.25, 0.3) is 11.2 Å². The SMILES string of the molecule is C[C@H](NP(=O)(OC[C@H]1O[C@@H](n2cnc3c(NCc4ccco4)ncnc32)[C@H](O)[C@@H]1O)Oc1ccccc1)C(=O)OC(C)(C)C. The zero-order valence-corrected chi connectivity index (χ0v) is 25.5. The van der Waals surface area contributed by atoms with Gasteiger partial charge in [-0.1, -0.05) is 18.2 Å². The summed E-state index contributed by atoms with van der Waals surface area (Å²) in [7, 11) is -4.25. The number of aromatic nitrogens is 4. The lowest BCUT2D eigenvalue weighted by atomic mass is 10.1. The first-order valence-electron chi connectivity index (χ1n) is 13.9. The standard InChI is InChI=1S/C28H35N6O9P/c1-17(27(37)42-28(2,3)4)33-44(38,43-18-9-6-5-7-10-18)40-14-20-22(35)23(36)26(41-20)34-16-32-21-24(30-15-31-25(21)34)29-13-19-11-8-12-39-19/h5-12,15-17,20,22-23,26,35-36H,13-14H2,1-4H3,(H,33,38)(H,29,30,31)/t17-,20+,22+,23+,26+,44?/m0/s1. The summed E-state index contributed by atoms with van der Waals surface area (Å²) >= 11 is 0. The van der Waals surface area contributed by atoms with Crippen molar-refractivity contribution in [2.24, 2.45) is 0 Å². The van der Waals surface area contributed by atoms with Crippen molar-refractivity contribution in [3.05, 3.63) is 67.1 Å². The number of nitrogens with zero attached hydrogens (tertiary/aromatic N) is 4. The summed E-state index contributed by atoms with van der Waals surface area (Å²) in [6.07, 6.45) is -0.803. The Hall–Kier alpha value is -3.85. The number of benzene rings is 1. The molecule has 0 bridgehead atoms. The second kappa shape index (κ2) is 13.0. The summed E-state index contributed by atoms with van der Waals surface area (Å²) in [6, 6.07) is 10.8. The van der Waals surface area contributed by atoms with Crippen LogP contribution in [0.3, 0.4) is 0 Å². The third kappa shape index (κ3) is 7.44. The Balaban J connectivity index is 1.30. The van der Waals surface area contributed by atoms with Crippen molar-refractivity contribution in [2.45, 2.75) is 70.4 Å². The van der Waals surface area contributed by atoms with Gasteiger partial charge in [0.05, 0.1) is 25.7 Å². The van der Waals surface area contributed by atoms with Gasteiger partial charge in [0.25, 0.3) is 0 Å². The zero-order valence-electron chi connectivity index (χ0n) is 24.6. The molecule has 4 aromatic rings. The van der Waals surface area contributed by atoms with Crippen LogP contribution in [0, 0.1) is 0 Å². The molecule has 0 aliphatic carbocycles. The molecule has 1 fully saturated rings. The highest BCUT2D eigenvalue weighted by atomic mass is 31.2. The van der Waals surface area contributed by atoms with E-state index in [0.717, 1.165) is 0 Å². The maximum absolute atomic E-state index is 13.9. The average Bonchev–Trinajstić information content (AvgIpc) is 3.71. The normalized spacial score (nSPS) is 22.4. The summed E-state index contributed by atoms with van der Waals surface area (Å²) < 4.78 is 43.4. The fraction of sp³-hybridized carbons (Fsp3) is 0.429. The van der Waals surface area contributed by atoms with Crippen LogP contribution in [0.1, 0.15) is 39.7 Å². The van der Waals surface area contributed by atoms with Gasteiger partial charge in [-0.05, 0) is 52.0 Å². The van der Waals surface area contributed by atoms with E-state index in [2.05, 4.69) is 25.4 Å². The molecule has 1 aliphatic heterocycles. The number of hydrogen-bond donors (Lipinski definition) is 4. The van der Waals surface area contributed by atoms with E-state index in [1.807, 2.05) is 6.07 Å². The first-order valence-corrected chi connectivity index (χ1v) is 15.4. The van der Waals surface area contributed by atoms with Crippen LogP contribution in [-0.2, 0) is 29.9 Å². The summed E-state index contributed by atoms with van der Waals surface area (Å²) in [4.78, 5) is 25.5. The molecule has 6 atom stereocenters. The van der Waals surface area contributed by atoms with Crippen molar-refractivity contribution in [3.63, 3.8) is 0 Å². The molecule has 5 rings (SSSR count). The Morgan fingerprint density at radius 2 is 1.89 bits per heavy atom. The van der Waals surface area contributed by atoms with Crippen LogP contribution in [0.2, 0.25) is 0 Å². The van der Waals surface area contributed by atoms with Gasteiger partial charge in [0.2, 0.25) is 0 Å². The molecule has 0 saturated carbocycles. The first kappa shape index (κ1) is 31.6. The molecule has 15 nitrogen and oxygen atoms in total. The summed E-state index contributed by atoms with van der Waals surface area (Å²) in [6.45, 7) is 6.49. The molecule has 3 aromatic heterocycles. The molecule has 1 saturated heterocycles.